The second-order valence-corrected chi connectivity index (χ2v) is 5.33. The van der Waals surface area contributed by atoms with Crippen molar-refractivity contribution in [3.8, 4) is 0 Å². The van der Waals surface area contributed by atoms with Gasteiger partial charge in [0.15, 0.2) is 0 Å². The van der Waals surface area contributed by atoms with Crippen molar-refractivity contribution in [2.45, 2.75) is 32.2 Å². The molecule has 0 amide bonds. The van der Waals surface area contributed by atoms with Crippen LogP contribution in [0.5, 0.6) is 0 Å². The largest absolute Gasteiger partial charge is 0.383 e. The molecule has 1 aliphatic heterocycles. The Bertz CT molecular complexity index is 196. The summed E-state index contributed by atoms with van der Waals surface area (Å²) >= 11 is 0. The van der Waals surface area contributed by atoms with Gasteiger partial charge in [-0.05, 0) is 51.7 Å². The lowest BCUT2D eigenvalue weighted by Crippen LogP contribution is -2.39. The number of methoxy groups -OCH3 is 2. The maximum absolute atomic E-state index is 5.25. The molecular weight excluding hydrogens is 228 g/mol. The summed E-state index contributed by atoms with van der Waals surface area (Å²) < 4.78 is 10.4. The van der Waals surface area contributed by atoms with Gasteiger partial charge in [0, 0.05) is 26.8 Å². The zero-order chi connectivity index (χ0) is 13.2. The van der Waals surface area contributed by atoms with Gasteiger partial charge in [0.2, 0.25) is 0 Å². The Labute approximate surface area is 112 Å². The summed E-state index contributed by atoms with van der Waals surface area (Å²) in [6.45, 7) is 8.42. The van der Waals surface area contributed by atoms with E-state index in [9.17, 15) is 0 Å². The average Bonchev–Trinajstić information content (AvgIpc) is 2.86. The molecule has 4 heteroatoms. The van der Waals surface area contributed by atoms with Gasteiger partial charge in [-0.25, -0.2) is 0 Å². The molecule has 1 heterocycles. The van der Waals surface area contributed by atoms with E-state index in [-0.39, 0.29) is 0 Å². The topological polar surface area (TPSA) is 33.7 Å². The van der Waals surface area contributed by atoms with Gasteiger partial charge in [0.1, 0.15) is 0 Å². The SMILES string of the molecule is COCCN(CCCC1CCNC1)C(C)COC. The van der Waals surface area contributed by atoms with Crippen molar-refractivity contribution < 1.29 is 9.47 Å². The lowest BCUT2D eigenvalue weighted by molar-refractivity contribution is 0.0733. The van der Waals surface area contributed by atoms with Crippen LogP contribution in [0.4, 0.5) is 0 Å². The van der Waals surface area contributed by atoms with Gasteiger partial charge >= 0.3 is 0 Å². The van der Waals surface area contributed by atoms with E-state index in [1.165, 1.54) is 32.4 Å². The van der Waals surface area contributed by atoms with Crippen LogP contribution in [-0.4, -0.2) is 64.6 Å². The maximum Gasteiger partial charge on any atom is 0.0615 e. The molecule has 18 heavy (non-hydrogen) atoms. The molecule has 0 aliphatic carbocycles. The lowest BCUT2D eigenvalue weighted by atomic mass is 10.0. The Hall–Kier alpha value is -0.160. The van der Waals surface area contributed by atoms with Crippen LogP contribution in [0, 0.1) is 5.92 Å². The van der Waals surface area contributed by atoms with Gasteiger partial charge in [-0.15, -0.1) is 0 Å². The molecule has 1 N–H and O–H groups in total. The molecule has 108 valence electrons. The summed E-state index contributed by atoms with van der Waals surface area (Å²) in [5, 5.41) is 3.43. The van der Waals surface area contributed by atoms with E-state index in [1.807, 2.05) is 0 Å². The fourth-order valence-corrected chi connectivity index (χ4v) is 2.65. The molecule has 1 fully saturated rings. The molecule has 2 unspecified atom stereocenters. The van der Waals surface area contributed by atoms with E-state index in [0.29, 0.717) is 6.04 Å². The fourth-order valence-electron chi connectivity index (χ4n) is 2.65. The first-order valence-electron chi connectivity index (χ1n) is 7.20. The minimum atomic E-state index is 0.479. The van der Waals surface area contributed by atoms with Crippen molar-refractivity contribution in [3.05, 3.63) is 0 Å². The average molecular weight is 258 g/mol. The van der Waals surface area contributed by atoms with Crippen LogP contribution < -0.4 is 5.32 Å². The third-order valence-corrected chi connectivity index (χ3v) is 3.83. The number of rotatable bonds is 10. The molecular formula is C14H30N2O2. The van der Waals surface area contributed by atoms with Crippen LogP contribution in [0.15, 0.2) is 0 Å². The molecule has 0 spiro atoms. The quantitative estimate of drug-likeness (QED) is 0.641. The van der Waals surface area contributed by atoms with Gasteiger partial charge in [0.25, 0.3) is 0 Å². The van der Waals surface area contributed by atoms with Crippen molar-refractivity contribution in [1.29, 1.82) is 0 Å². The molecule has 1 aliphatic rings. The minimum Gasteiger partial charge on any atom is -0.383 e. The highest BCUT2D eigenvalue weighted by atomic mass is 16.5. The molecule has 4 nitrogen and oxygen atoms in total. The van der Waals surface area contributed by atoms with E-state index in [4.69, 9.17) is 9.47 Å². The van der Waals surface area contributed by atoms with E-state index in [1.54, 1.807) is 14.2 Å². The first kappa shape index (κ1) is 15.9. The summed E-state index contributed by atoms with van der Waals surface area (Å²) in [5.41, 5.74) is 0. The number of nitrogens with zero attached hydrogens (tertiary/aromatic N) is 1. The van der Waals surface area contributed by atoms with Gasteiger partial charge in [0.05, 0.1) is 13.2 Å². The van der Waals surface area contributed by atoms with Crippen LogP contribution in [-0.2, 0) is 9.47 Å². The van der Waals surface area contributed by atoms with Crippen LogP contribution in [0.2, 0.25) is 0 Å². The van der Waals surface area contributed by atoms with Gasteiger partial charge < -0.3 is 14.8 Å². The highest BCUT2D eigenvalue weighted by molar-refractivity contribution is 4.73. The van der Waals surface area contributed by atoms with E-state index in [2.05, 4.69) is 17.1 Å². The fraction of sp³-hybridized carbons (Fsp3) is 1.00. The van der Waals surface area contributed by atoms with Crippen LogP contribution in [0.3, 0.4) is 0 Å². The number of hydrogen-bond donors (Lipinski definition) is 1. The number of hydrogen-bond acceptors (Lipinski definition) is 4. The first-order chi connectivity index (χ1) is 8.77. The zero-order valence-electron chi connectivity index (χ0n) is 12.3. The van der Waals surface area contributed by atoms with Crippen LogP contribution in [0.1, 0.15) is 26.2 Å². The molecule has 0 radical (unpaired) electrons. The van der Waals surface area contributed by atoms with Gasteiger partial charge in [-0.1, -0.05) is 0 Å². The van der Waals surface area contributed by atoms with Crippen LogP contribution in [0.25, 0.3) is 0 Å². The van der Waals surface area contributed by atoms with E-state index >= 15 is 0 Å². The molecule has 0 bridgehead atoms. The van der Waals surface area contributed by atoms with Gasteiger partial charge in [-0.3, -0.25) is 4.90 Å². The van der Waals surface area contributed by atoms with Crippen molar-refractivity contribution >= 4 is 0 Å². The summed E-state index contributed by atoms with van der Waals surface area (Å²) in [6, 6.07) is 0.479. The number of nitrogens with one attached hydrogen (secondary N) is 1. The Morgan fingerprint density at radius 2 is 2.11 bits per heavy atom. The standard InChI is InChI=1S/C14H30N2O2/c1-13(12-18-3)16(9-10-17-2)8-4-5-14-6-7-15-11-14/h13-15H,4-12H2,1-3H3. The number of ether oxygens (including phenoxy) is 2. The van der Waals surface area contributed by atoms with Crippen molar-refractivity contribution in [2.75, 3.05) is 53.6 Å². The smallest absolute Gasteiger partial charge is 0.0615 e. The molecule has 2 atom stereocenters. The second-order valence-electron chi connectivity index (χ2n) is 5.33. The normalized spacial score (nSPS) is 21.7. The van der Waals surface area contributed by atoms with Crippen molar-refractivity contribution in [3.63, 3.8) is 0 Å². The molecule has 1 rings (SSSR count). The third kappa shape index (κ3) is 6.14. The second kappa shape index (κ2) is 9.73. The lowest BCUT2D eigenvalue weighted by Gasteiger charge is -2.28. The molecule has 0 aromatic rings. The minimum absolute atomic E-state index is 0.479. The summed E-state index contributed by atoms with van der Waals surface area (Å²) in [6.07, 6.45) is 3.98. The summed E-state index contributed by atoms with van der Waals surface area (Å²) in [7, 11) is 3.54. The molecule has 1 saturated heterocycles. The first-order valence-corrected chi connectivity index (χ1v) is 7.20. The summed E-state index contributed by atoms with van der Waals surface area (Å²) in [5.74, 6) is 0.895. The zero-order valence-corrected chi connectivity index (χ0v) is 12.3. The van der Waals surface area contributed by atoms with Crippen molar-refractivity contribution in [2.24, 2.45) is 5.92 Å². The molecule has 0 aromatic heterocycles. The maximum atomic E-state index is 5.25. The summed E-state index contributed by atoms with van der Waals surface area (Å²) in [4.78, 5) is 2.48. The Morgan fingerprint density at radius 3 is 2.72 bits per heavy atom. The predicted octanol–water partition coefficient (Wildman–Crippen LogP) is 1.36. The Morgan fingerprint density at radius 1 is 1.28 bits per heavy atom. The highest BCUT2D eigenvalue weighted by Crippen LogP contribution is 2.15. The third-order valence-electron chi connectivity index (χ3n) is 3.83. The highest BCUT2D eigenvalue weighted by Gasteiger charge is 2.16. The molecule has 0 saturated carbocycles. The van der Waals surface area contributed by atoms with E-state index in [0.717, 1.165) is 32.2 Å². The predicted molar refractivity (Wildman–Crippen MR) is 75.0 cm³/mol. The van der Waals surface area contributed by atoms with Crippen molar-refractivity contribution in [1.82, 2.24) is 10.2 Å². The monoisotopic (exact) mass is 258 g/mol. The van der Waals surface area contributed by atoms with E-state index < -0.39 is 0 Å². The van der Waals surface area contributed by atoms with Crippen LogP contribution >= 0.6 is 0 Å². The van der Waals surface area contributed by atoms with Gasteiger partial charge in [-0.2, -0.15) is 0 Å². The Kier molecular flexibility index (Phi) is 8.59. The molecule has 0 aromatic carbocycles. The Balaban J connectivity index is 2.20.